The Morgan fingerprint density at radius 1 is 0.714 bits per heavy atom. The van der Waals surface area contributed by atoms with Crippen molar-refractivity contribution in [1.29, 1.82) is 0 Å². The molecule has 0 unspecified atom stereocenters. The van der Waals surface area contributed by atoms with Crippen LogP contribution in [0.1, 0.15) is 43.0 Å². The number of carbonyl (C=O) groups is 2. The molecular formula is C23H23N3O2. The highest BCUT2D eigenvalue weighted by molar-refractivity contribution is 6.08. The molecule has 5 heteroatoms. The summed E-state index contributed by atoms with van der Waals surface area (Å²) in [5.74, 6) is -0.614. The summed E-state index contributed by atoms with van der Waals surface area (Å²) < 4.78 is 0. The van der Waals surface area contributed by atoms with E-state index in [-0.39, 0.29) is 11.8 Å². The van der Waals surface area contributed by atoms with Crippen LogP contribution in [0.2, 0.25) is 0 Å². The van der Waals surface area contributed by atoms with Gasteiger partial charge in [-0.1, -0.05) is 23.8 Å². The topological polar surface area (TPSA) is 71.1 Å². The first-order chi connectivity index (χ1) is 13.3. The maximum atomic E-state index is 12.6. The number of pyridine rings is 1. The van der Waals surface area contributed by atoms with Crippen molar-refractivity contribution in [1.82, 2.24) is 4.98 Å². The number of aryl methyl sites for hydroxylation is 4. The van der Waals surface area contributed by atoms with Gasteiger partial charge in [0.25, 0.3) is 11.8 Å². The number of amides is 2. The predicted molar refractivity (Wildman–Crippen MR) is 112 cm³/mol. The van der Waals surface area contributed by atoms with Crippen molar-refractivity contribution in [2.45, 2.75) is 27.7 Å². The first-order valence-corrected chi connectivity index (χ1v) is 9.06. The molecule has 28 heavy (non-hydrogen) atoms. The van der Waals surface area contributed by atoms with Crippen LogP contribution in [0.3, 0.4) is 0 Å². The normalized spacial score (nSPS) is 10.4. The summed E-state index contributed by atoms with van der Waals surface area (Å²) in [6, 6.07) is 13.1. The van der Waals surface area contributed by atoms with Crippen molar-refractivity contribution in [3.05, 3.63) is 88.2 Å². The van der Waals surface area contributed by atoms with E-state index in [1.54, 1.807) is 6.07 Å². The van der Waals surface area contributed by atoms with E-state index in [1.165, 1.54) is 12.4 Å². The molecular weight excluding hydrogens is 350 g/mol. The molecule has 5 nitrogen and oxygen atoms in total. The summed E-state index contributed by atoms with van der Waals surface area (Å²) >= 11 is 0. The largest absolute Gasteiger partial charge is 0.322 e. The molecule has 1 aromatic heterocycles. The SMILES string of the molecule is Cc1ccc(NC(=O)c2cncc(C(=O)Nc3ccc(C)c(C)c3)c2)c(C)c1. The number of carbonyl (C=O) groups excluding carboxylic acids is 2. The molecule has 0 atom stereocenters. The molecule has 3 rings (SSSR count). The van der Waals surface area contributed by atoms with Crippen molar-refractivity contribution in [2.24, 2.45) is 0 Å². The van der Waals surface area contributed by atoms with Crippen LogP contribution in [0.25, 0.3) is 0 Å². The predicted octanol–water partition coefficient (Wildman–Crippen LogP) is 4.82. The summed E-state index contributed by atoms with van der Waals surface area (Å²) in [5.41, 5.74) is 6.45. The van der Waals surface area contributed by atoms with Crippen LogP contribution in [0.4, 0.5) is 11.4 Å². The van der Waals surface area contributed by atoms with E-state index in [4.69, 9.17) is 0 Å². The lowest BCUT2D eigenvalue weighted by Gasteiger charge is -2.10. The quantitative estimate of drug-likeness (QED) is 0.689. The van der Waals surface area contributed by atoms with Gasteiger partial charge in [0.1, 0.15) is 0 Å². The summed E-state index contributed by atoms with van der Waals surface area (Å²) in [6.07, 6.45) is 2.90. The van der Waals surface area contributed by atoms with Crippen LogP contribution < -0.4 is 10.6 Å². The number of nitrogens with one attached hydrogen (secondary N) is 2. The number of aromatic nitrogens is 1. The molecule has 1 heterocycles. The smallest absolute Gasteiger partial charge is 0.257 e. The fraction of sp³-hybridized carbons (Fsp3) is 0.174. The molecule has 0 saturated heterocycles. The molecule has 3 aromatic rings. The van der Waals surface area contributed by atoms with Crippen LogP contribution in [-0.2, 0) is 0 Å². The van der Waals surface area contributed by atoms with E-state index in [0.29, 0.717) is 16.8 Å². The highest BCUT2D eigenvalue weighted by Crippen LogP contribution is 2.18. The first-order valence-electron chi connectivity index (χ1n) is 9.06. The van der Waals surface area contributed by atoms with Gasteiger partial charge in [0, 0.05) is 23.8 Å². The third-order valence-electron chi connectivity index (χ3n) is 4.66. The van der Waals surface area contributed by atoms with E-state index >= 15 is 0 Å². The Kier molecular flexibility index (Phi) is 5.54. The summed E-state index contributed by atoms with van der Waals surface area (Å²) in [5, 5.41) is 5.72. The van der Waals surface area contributed by atoms with Gasteiger partial charge >= 0.3 is 0 Å². The van der Waals surface area contributed by atoms with Crippen molar-refractivity contribution < 1.29 is 9.59 Å². The van der Waals surface area contributed by atoms with Gasteiger partial charge in [0.15, 0.2) is 0 Å². The third-order valence-corrected chi connectivity index (χ3v) is 4.66. The Labute approximate surface area is 164 Å². The number of anilines is 2. The number of hydrogen-bond acceptors (Lipinski definition) is 3. The highest BCUT2D eigenvalue weighted by atomic mass is 16.2. The molecule has 2 amide bonds. The molecule has 0 aliphatic carbocycles. The maximum Gasteiger partial charge on any atom is 0.257 e. The van der Waals surface area contributed by atoms with E-state index in [2.05, 4.69) is 15.6 Å². The van der Waals surface area contributed by atoms with Crippen molar-refractivity contribution in [2.75, 3.05) is 10.6 Å². The lowest BCUT2D eigenvalue weighted by Crippen LogP contribution is -2.16. The molecule has 0 fully saturated rings. The van der Waals surface area contributed by atoms with Gasteiger partial charge in [-0.25, -0.2) is 0 Å². The van der Waals surface area contributed by atoms with Crippen LogP contribution in [0.5, 0.6) is 0 Å². The minimum Gasteiger partial charge on any atom is -0.322 e. The Hall–Kier alpha value is -3.47. The molecule has 0 saturated carbocycles. The summed E-state index contributed by atoms with van der Waals surface area (Å²) in [6.45, 7) is 7.95. The minimum absolute atomic E-state index is 0.305. The molecule has 0 spiro atoms. The Balaban J connectivity index is 1.76. The van der Waals surface area contributed by atoms with E-state index in [1.807, 2.05) is 64.1 Å². The van der Waals surface area contributed by atoms with E-state index in [0.717, 1.165) is 27.9 Å². The Morgan fingerprint density at radius 3 is 2.04 bits per heavy atom. The van der Waals surface area contributed by atoms with Crippen LogP contribution in [0, 0.1) is 27.7 Å². The van der Waals surface area contributed by atoms with Crippen molar-refractivity contribution in [3.63, 3.8) is 0 Å². The average Bonchev–Trinajstić information content (AvgIpc) is 2.67. The number of rotatable bonds is 4. The Bertz CT molecular complexity index is 1060. The van der Waals surface area contributed by atoms with E-state index in [9.17, 15) is 9.59 Å². The second-order valence-corrected chi connectivity index (χ2v) is 6.99. The van der Waals surface area contributed by atoms with Crippen molar-refractivity contribution in [3.8, 4) is 0 Å². The third kappa shape index (κ3) is 4.43. The molecule has 2 aromatic carbocycles. The first kappa shape index (κ1) is 19.3. The molecule has 0 aliphatic rings. The number of benzene rings is 2. The van der Waals surface area contributed by atoms with E-state index < -0.39 is 0 Å². The van der Waals surface area contributed by atoms with Crippen LogP contribution in [0.15, 0.2) is 54.9 Å². The van der Waals surface area contributed by atoms with Gasteiger partial charge < -0.3 is 10.6 Å². The van der Waals surface area contributed by atoms with Crippen LogP contribution >= 0.6 is 0 Å². The second-order valence-electron chi connectivity index (χ2n) is 6.99. The zero-order valence-electron chi connectivity index (χ0n) is 16.5. The number of nitrogens with zero attached hydrogens (tertiary/aromatic N) is 1. The standard InChI is InChI=1S/C23H23N3O2/c1-14-5-8-21(17(4)9-14)26-23(28)19-11-18(12-24-13-19)22(27)25-20-7-6-15(2)16(3)10-20/h5-13H,1-4H3,(H,25,27)(H,26,28). The molecule has 2 N–H and O–H groups in total. The molecule has 0 aliphatic heterocycles. The maximum absolute atomic E-state index is 12.6. The molecule has 142 valence electrons. The monoisotopic (exact) mass is 373 g/mol. The Morgan fingerprint density at radius 2 is 1.39 bits per heavy atom. The van der Waals surface area contributed by atoms with Gasteiger partial charge in [-0.15, -0.1) is 0 Å². The van der Waals surface area contributed by atoms with Gasteiger partial charge in [-0.2, -0.15) is 0 Å². The summed E-state index contributed by atoms with van der Waals surface area (Å²) in [4.78, 5) is 29.2. The van der Waals surface area contributed by atoms with Crippen molar-refractivity contribution >= 4 is 23.2 Å². The second kappa shape index (κ2) is 8.05. The van der Waals surface area contributed by atoms with Gasteiger partial charge in [-0.3, -0.25) is 14.6 Å². The minimum atomic E-state index is -0.308. The van der Waals surface area contributed by atoms with Gasteiger partial charge in [0.2, 0.25) is 0 Å². The lowest BCUT2D eigenvalue weighted by atomic mass is 10.1. The molecule has 0 radical (unpaired) electrons. The zero-order chi connectivity index (χ0) is 20.3. The summed E-state index contributed by atoms with van der Waals surface area (Å²) in [7, 11) is 0. The average molecular weight is 373 g/mol. The molecule has 0 bridgehead atoms. The van der Waals surface area contributed by atoms with Gasteiger partial charge in [-0.05, 0) is 68.7 Å². The highest BCUT2D eigenvalue weighted by Gasteiger charge is 2.13. The zero-order valence-corrected chi connectivity index (χ0v) is 16.5. The van der Waals surface area contributed by atoms with Gasteiger partial charge in [0.05, 0.1) is 11.1 Å². The fourth-order valence-corrected chi connectivity index (χ4v) is 2.86. The lowest BCUT2D eigenvalue weighted by molar-refractivity contribution is 0.102. The van der Waals surface area contributed by atoms with Crippen LogP contribution in [-0.4, -0.2) is 16.8 Å². The fourth-order valence-electron chi connectivity index (χ4n) is 2.86. The number of hydrogen-bond donors (Lipinski definition) is 2.